The minimum absolute atomic E-state index is 0.176. The van der Waals surface area contributed by atoms with Gasteiger partial charge in [0.2, 0.25) is 0 Å². The van der Waals surface area contributed by atoms with Gasteiger partial charge in [-0.1, -0.05) is 12.1 Å². The molecule has 1 aromatic rings. The number of hydrogen-bond acceptors (Lipinski definition) is 4. The normalized spacial score (nSPS) is 18.6. The highest BCUT2D eigenvalue weighted by molar-refractivity contribution is 5.28. The van der Waals surface area contributed by atoms with Crippen LogP contribution in [0.2, 0.25) is 0 Å². The molecule has 21 heavy (non-hydrogen) atoms. The third kappa shape index (κ3) is 5.30. The number of hydrogen-bond donors (Lipinski definition) is 1. The van der Waals surface area contributed by atoms with Crippen LogP contribution in [0.4, 0.5) is 0 Å². The number of rotatable bonds is 7. The fourth-order valence-electron chi connectivity index (χ4n) is 2.83. The lowest BCUT2D eigenvalue weighted by Crippen LogP contribution is -2.36. The van der Waals surface area contributed by atoms with Gasteiger partial charge in [-0.25, -0.2) is 0 Å². The minimum Gasteiger partial charge on any atom is -0.491 e. The SMILES string of the molecule is COCCOc1cccc(CN2CCC(C(C)O)CC2)c1. The summed E-state index contributed by atoms with van der Waals surface area (Å²) in [6, 6.07) is 8.28. The molecule has 1 N–H and O–H groups in total. The van der Waals surface area contributed by atoms with E-state index in [-0.39, 0.29) is 6.10 Å². The molecule has 1 heterocycles. The molecular weight excluding hydrogens is 266 g/mol. The Hall–Kier alpha value is -1.10. The highest BCUT2D eigenvalue weighted by Gasteiger charge is 2.22. The van der Waals surface area contributed by atoms with Crippen LogP contribution in [0.1, 0.15) is 25.3 Å². The van der Waals surface area contributed by atoms with Crippen molar-refractivity contribution in [1.29, 1.82) is 0 Å². The first-order chi connectivity index (χ1) is 10.2. The molecule has 4 nitrogen and oxygen atoms in total. The average molecular weight is 293 g/mol. The molecule has 1 aromatic carbocycles. The van der Waals surface area contributed by atoms with Crippen molar-refractivity contribution < 1.29 is 14.6 Å². The van der Waals surface area contributed by atoms with Crippen molar-refractivity contribution in [3.05, 3.63) is 29.8 Å². The van der Waals surface area contributed by atoms with Crippen LogP contribution in [0, 0.1) is 5.92 Å². The quantitative estimate of drug-likeness (QED) is 0.783. The van der Waals surface area contributed by atoms with E-state index in [1.165, 1.54) is 5.56 Å². The topological polar surface area (TPSA) is 41.9 Å². The average Bonchev–Trinajstić information content (AvgIpc) is 2.48. The van der Waals surface area contributed by atoms with Crippen molar-refractivity contribution in [2.24, 2.45) is 5.92 Å². The fourth-order valence-corrected chi connectivity index (χ4v) is 2.83. The Morgan fingerprint density at radius 2 is 2.05 bits per heavy atom. The van der Waals surface area contributed by atoms with E-state index in [0.717, 1.165) is 38.2 Å². The monoisotopic (exact) mass is 293 g/mol. The maximum absolute atomic E-state index is 9.65. The standard InChI is InChI=1S/C17H27NO3/c1-14(19)16-6-8-18(9-7-16)13-15-4-3-5-17(12-15)21-11-10-20-2/h3-5,12,14,16,19H,6-11,13H2,1-2H3. The van der Waals surface area contributed by atoms with E-state index in [0.29, 0.717) is 19.1 Å². The summed E-state index contributed by atoms with van der Waals surface area (Å²) in [5, 5.41) is 9.65. The van der Waals surface area contributed by atoms with Gasteiger partial charge in [0.05, 0.1) is 12.7 Å². The van der Waals surface area contributed by atoms with Crippen LogP contribution in [0.3, 0.4) is 0 Å². The van der Waals surface area contributed by atoms with Crippen LogP contribution in [-0.4, -0.2) is 49.5 Å². The van der Waals surface area contributed by atoms with E-state index in [9.17, 15) is 5.11 Å². The molecule has 0 aliphatic carbocycles. The lowest BCUT2D eigenvalue weighted by molar-refractivity contribution is 0.0695. The third-order valence-electron chi connectivity index (χ3n) is 4.18. The lowest BCUT2D eigenvalue weighted by Gasteiger charge is -2.33. The number of benzene rings is 1. The van der Waals surface area contributed by atoms with Gasteiger partial charge in [-0.05, 0) is 56.5 Å². The van der Waals surface area contributed by atoms with E-state index in [4.69, 9.17) is 9.47 Å². The summed E-state index contributed by atoms with van der Waals surface area (Å²) in [5.41, 5.74) is 1.28. The van der Waals surface area contributed by atoms with Crippen molar-refractivity contribution in [2.45, 2.75) is 32.4 Å². The predicted molar refractivity (Wildman–Crippen MR) is 83.5 cm³/mol. The Labute approximate surface area is 127 Å². The van der Waals surface area contributed by atoms with Crippen LogP contribution >= 0.6 is 0 Å². The van der Waals surface area contributed by atoms with Gasteiger partial charge in [-0.2, -0.15) is 0 Å². The number of aliphatic hydroxyl groups excluding tert-OH is 1. The second-order valence-electron chi connectivity index (χ2n) is 5.84. The number of methoxy groups -OCH3 is 1. The van der Waals surface area contributed by atoms with Gasteiger partial charge in [-0.15, -0.1) is 0 Å². The first-order valence-electron chi connectivity index (χ1n) is 7.80. The first kappa shape index (κ1) is 16.3. The molecule has 1 unspecified atom stereocenters. The maximum Gasteiger partial charge on any atom is 0.119 e. The molecule has 1 saturated heterocycles. The summed E-state index contributed by atoms with van der Waals surface area (Å²) in [6.45, 7) is 6.17. The van der Waals surface area contributed by atoms with Crippen molar-refractivity contribution in [3.8, 4) is 5.75 Å². The van der Waals surface area contributed by atoms with Crippen LogP contribution in [-0.2, 0) is 11.3 Å². The van der Waals surface area contributed by atoms with Gasteiger partial charge in [0.1, 0.15) is 12.4 Å². The van der Waals surface area contributed by atoms with Crippen molar-refractivity contribution in [3.63, 3.8) is 0 Å². The van der Waals surface area contributed by atoms with E-state index in [2.05, 4.69) is 17.0 Å². The predicted octanol–water partition coefficient (Wildman–Crippen LogP) is 2.30. The second kappa shape index (κ2) is 8.37. The number of aliphatic hydroxyl groups is 1. The summed E-state index contributed by atoms with van der Waals surface area (Å²) >= 11 is 0. The summed E-state index contributed by atoms with van der Waals surface area (Å²) in [6.07, 6.45) is 1.99. The third-order valence-corrected chi connectivity index (χ3v) is 4.18. The van der Waals surface area contributed by atoms with Gasteiger partial charge in [0.25, 0.3) is 0 Å². The Bertz CT molecular complexity index is 414. The summed E-state index contributed by atoms with van der Waals surface area (Å²) in [4.78, 5) is 2.45. The molecule has 1 aliphatic rings. The summed E-state index contributed by atoms with van der Waals surface area (Å²) in [7, 11) is 1.68. The largest absolute Gasteiger partial charge is 0.491 e. The molecule has 2 rings (SSSR count). The van der Waals surface area contributed by atoms with Crippen LogP contribution in [0.25, 0.3) is 0 Å². The van der Waals surface area contributed by atoms with Gasteiger partial charge in [0.15, 0.2) is 0 Å². The Morgan fingerprint density at radius 3 is 2.71 bits per heavy atom. The van der Waals surface area contributed by atoms with Gasteiger partial charge < -0.3 is 14.6 Å². The zero-order chi connectivity index (χ0) is 15.1. The van der Waals surface area contributed by atoms with Crippen molar-refractivity contribution in [1.82, 2.24) is 4.90 Å². The molecule has 0 bridgehead atoms. The van der Waals surface area contributed by atoms with Crippen LogP contribution < -0.4 is 4.74 Å². The Balaban J connectivity index is 1.81. The molecule has 1 fully saturated rings. The number of ether oxygens (including phenoxy) is 2. The van der Waals surface area contributed by atoms with Crippen molar-refractivity contribution in [2.75, 3.05) is 33.4 Å². The van der Waals surface area contributed by atoms with Crippen LogP contribution in [0.15, 0.2) is 24.3 Å². The molecule has 4 heteroatoms. The summed E-state index contributed by atoms with van der Waals surface area (Å²) in [5.74, 6) is 1.37. The molecule has 1 aliphatic heterocycles. The van der Waals surface area contributed by atoms with E-state index >= 15 is 0 Å². The number of nitrogens with zero attached hydrogens (tertiary/aromatic N) is 1. The fraction of sp³-hybridized carbons (Fsp3) is 0.647. The molecule has 118 valence electrons. The molecular formula is C17H27NO3. The zero-order valence-electron chi connectivity index (χ0n) is 13.1. The van der Waals surface area contributed by atoms with Crippen molar-refractivity contribution >= 4 is 0 Å². The highest BCUT2D eigenvalue weighted by atomic mass is 16.5. The smallest absolute Gasteiger partial charge is 0.119 e. The zero-order valence-corrected chi connectivity index (χ0v) is 13.1. The molecule has 0 saturated carbocycles. The number of likely N-dealkylation sites (tertiary alicyclic amines) is 1. The van der Waals surface area contributed by atoms with Gasteiger partial charge >= 0.3 is 0 Å². The molecule has 0 aromatic heterocycles. The van der Waals surface area contributed by atoms with Crippen LogP contribution in [0.5, 0.6) is 5.75 Å². The Morgan fingerprint density at radius 1 is 1.29 bits per heavy atom. The number of piperidine rings is 1. The molecule has 0 radical (unpaired) electrons. The maximum atomic E-state index is 9.65. The lowest BCUT2D eigenvalue weighted by atomic mass is 9.92. The van der Waals surface area contributed by atoms with E-state index in [1.807, 2.05) is 19.1 Å². The van der Waals surface area contributed by atoms with Gasteiger partial charge in [0, 0.05) is 13.7 Å². The highest BCUT2D eigenvalue weighted by Crippen LogP contribution is 2.22. The van der Waals surface area contributed by atoms with E-state index in [1.54, 1.807) is 7.11 Å². The van der Waals surface area contributed by atoms with E-state index < -0.39 is 0 Å². The second-order valence-corrected chi connectivity index (χ2v) is 5.84. The molecule has 0 amide bonds. The Kier molecular flexibility index (Phi) is 6.49. The van der Waals surface area contributed by atoms with Gasteiger partial charge in [-0.3, -0.25) is 4.90 Å². The molecule has 1 atom stereocenters. The minimum atomic E-state index is -0.176. The summed E-state index contributed by atoms with van der Waals surface area (Å²) < 4.78 is 10.6. The molecule has 0 spiro atoms. The first-order valence-corrected chi connectivity index (χ1v) is 7.80.